The number of aliphatic hydroxyl groups is 1. The van der Waals surface area contributed by atoms with Crippen molar-refractivity contribution >= 4 is 11.6 Å². The largest absolute Gasteiger partial charge is 0.480 e. The van der Waals surface area contributed by atoms with Gasteiger partial charge in [-0.1, -0.05) is 48.0 Å². The normalized spacial score (nSPS) is 17.3. The van der Waals surface area contributed by atoms with Crippen molar-refractivity contribution in [2.45, 2.75) is 38.3 Å². The van der Waals surface area contributed by atoms with Crippen molar-refractivity contribution in [2.24, 2.45) is 0 Å². The second-order valence-corrected chi connectivity index (χ2v) is 9.20. The molecule has 5 nitrogen and oxygen atoms in total. The topological polar surface area (TPSA) is 58.5 Å². The van der Waals surface area contributed by atoms with E-state index in [2.05, 4.69) is 34.1 Å². The van der Waals surface area contributed by atoms with Crippen LogP contribution in [-0.2, 0) is 19.4 Å². The Hall–Kier alpha value is -2.47. The standard InChI is InChI=1S/C25H26ClN3O2/c1-25(30)14-29(15-25)13-22-24(31-2)28-21(12-27-22)20-11-5-10-19(23(20)26)18-9-4-7-16-6-3-8-17(16)18/h4-5,7,9-12,30H,3,6,8,13-15H2,1-2H3. The summed E-state index contributed by atoms with van der Waals surface area (Å²) in [5, 5.41) is 10.7. The molecule has 2 aromatic carbocycles. The van der Waals surface area contributed by atoms with Crippen molar-refractivity contribution in [1.29, 1.82) is 0 Å². The molecule has 2 aliphatic rings. The van der Waals surface area contributed by atoms with Gasteiger partial charge in [0.25, 0.3) is 0 Å². The Bertz CT molecular complexity index is 1140. The van der Waals surface area contributed by atoms with Gasteiger partial charge in [-0.3, -0.25) is 9.88 Å². The summed E-state index contributed by atoms with van der Waals surface area (Å²) < 4.78 is 5.54. The first-order valence-electron chi connectivity index (χ1n) is 10.7. The smallest absolute Gasteiger partial charge is 0.237 e. The molecule has 160 valence electrons. The van der Waals surface area contributed by atoms with Gasteiger partial charge < -0.3 is 9.84 Å². The van der Waals surface area contributed by atoms with Gasteiger partial charge in [-0.2, -0.15) is 0 Å². The SMILES string of the molecule is COc1nc(-c2cccc(-c3cccc4c3CCC4)c2Cl)cnc1CN1CC(C)(O)C1. The number of aryl methyl sites for hydroxylation is 1. The van der Waals surface area contributed by atoms with Gasteiger partial charge in [0.05, 0.1) is 29.6 Å². The van der Waals surface area contributed by atoms with Crippen LogP contribution in [0.5, 0.6) is 5.88 Å². The summed E-state index contributed by atoms with van der Waals surface area (Å²) in [6, 6.07) is 12.6. The predicted molar refractivity (Wildman–Crippen MR) is 122 cm³/mol. The minimum atomic E-state index is -0.619. The number of methoxy groups -OCH3 is 1. The molecule has 0 saturated carbocycles. The third-order valence-corrected chi connectivity index (χ3v) is 6.62. The summed E-state index contributed by atoms with van der Waals surface area (Å²) in [4.78, 5) is 11.5. The first kappa shape index (κ1) is 20.4. The quantitative estimate of drug-likeness (QED) is 0.638. The van der Waals surface area contributed by atoms with Crippen LogP contribution in [0.4, 0.5) is 0 Å². The molecule has 1 aliphatic carbocycles. The fourth-order valence-electron chi connectivity index (χ4n) is 4.85. The number of rotatable bonds is 5. The van der Waals surface area contributed by atoms with Crippen LogP contribution >= 0.6 is 11.6 Å². The maximum atomic E-state index is 9.97. The molecule has 1 aromatic heterocycles. The summed E-state index contributed by atoms with van der Waals surface area (Å²) >= 11 is 6.92. The van der Waals surface area contributed by atoms with Crippen molar-refractivity contribution in [3.05, 3.63) is 64.4 Å². The monoisotopic (exact) mass is 435 g/mol. The van der Waals surface area contributed by atoms with Crippen LogP contribution in [0, 0.1) is 0 Å². The maximum Gasteiger partial charge on any atom is 0.237 e. The van der Waals surface area contributed by atoms with Crippen LogP contribution in [0.3, 0.4) is 0 Å². The Kier molecular flexibility index (Phi) is 5.21. The molecule has 2 heterocycles. The molecule has 1 saturated heterocycles. The molecule has 1 fully saturated rings. The van der Waals surface area contributed by atoms with Crippen LogP contribution in [0.1, 0.15) is 30.2 Å². The van der Waals surface area contributed by atoms with Gasteiger partial charge >= 0.3 is 0 Å². The molecular weight excluding hydrogens is 410 g/mol. The van der Waals surface area contributed by atoms with Crippen molar-refractivity contribution in [3.8, 4) is 28.3 Å². The number of fused-ring (bicyclic) bond motifs is 1. The zero-order valence-electron chi connectivity index (χ0n) is 17.9. The van der Waals surface area contributed by atoms with Gasteiger partial charge in [-0.25, -0.2) is 4.98 Å². The molecule has 5 rings (SSSR count). The summed E-state index contributed by atoms with van der Waals surface area (Å²) in [5.41, 5.74) is 6.76. The van der Waals surface area contributed by atoms with Gasteiger partial charge in [-0.15, -0.1) is 0 Å². The van der Waals surface area contributed by atoms with E-state index in [0.29, 0.717) is 36.2 Å². The number of hydrogen-bond donors (Lipinski definition) is 1. The number of ether oxygens (including phenoxy) is 1. The van der Waals surface area contributed by atoms with Crippen LogP contribution < -0.4 is 4.74 Å². The minimum absolute atomic E-state index is 0.492. The highest BCUT2D eigenvalue weighted by Gasteiger charge is 2.37. The average molecular weight is 436 g/mol. The molecule has 1 N–H and O–H groups in total. The lowest BCUT2D eigenvalue weighted by Gasteiger charge is -2.44. The molecule has 0 radical (unpaired) electrons. The number of aromatic nitrogens is 2. The molecule has 31 heavy (non-hydrogen) atoms. The Balaban J connectivity index is 1.48. The number of nitrogens with zero attached hydrogens (tertiary/aromatic N) is 3. The fourth-order valence-corrected chi connectivity index (χ4v) is 5.17. The minimum Gasteiger partial charge on any atom is -0.480 e. The molecule has 0 bridgehead atoms. The van der Waals surface area contributed by atoms with Crippen LogP contribution in [0.25, 0.3) is 22.4 Å². The lowest BCUT2D eigenvalue weighted by molar-refractivity contribution is -0.0878. The molecule has 0 spiro atoms. The highest BCUT2D eigenvalue weighted by Crippen LogP contribution is 2.40. The van der Waals surface area contributed by atoms with Crippen LogP contribution in [0.2, 0.25) is 5.02 Å². The second kappa shape index (κ2) is 7.90. The third-order valence-electron chi connectivity index (χ3n) is 6.22. The molecular formula is C25H26ClN3O2. The molecule has 0 amide bonds. The van der Waals surface area contributed by atoms with E-state index in [9.17, 15) is 5.11 Å². The Labute approximate surface area is 187 Å². The molecule has 0 atom stereocenters. The second-order valence-electron chi connectivity index (χ2n) is 8.82. The van der Waals surface area contributed by atoms with E-state index in [4.69, 9.17) is 21.3 Å². The average Bonchev–Trinajstić information content (AvgIpc) is 3.22. The van der Waals surface area contributed by atoms with Crippen molar-refractivity contribution < 1.29 is 9.84 Å². The highest BCUT2D eigenvalue weighted by atomic mass is 35.5. The van der Waals surface area contributed by atoms with E-state index in [1.54, 1.807) is 13.3 Å². The number of hydrogen-bond acceptors (Lipinski definition) is 5. The first-order valence-corrected chi connectivity index (χ1v) is 11.1. The summed E-state index contributed by atoms with van der Waals surface area (Å²) in [5.74, 6) is 0.492. The van der Waals surface area contributed by atoms with E-state index in [-0.39, 0.29) is 0 Å². The van der Waals surface area contributed by atoms with Gasteiger partial charge in [0.1, 0.15) is 5.69 Å². The van der Waals surface area contributed by atoms with Crippen LogP contribution in [-0.4, -0.2) is 45.8 Å². The Morgan fingerprint density at radius 2 is 1.84 bits per heavy atom. The lowest BCUT2D eigenvalue weighted by atomic mass is 9.95. The molecule has 1 aliphatic heterocycles. The van der Waals surface area contributed by atoms with Gasteiger partial charge in [0.2, 0.25) is 5.88 Å². The first-order chi connectivity index (χ1) is 14.9. The van der Waals surface area contributed by atoms with Crippen molar-refractivity contribution in [3.63, 3.8) is 0 Å². The zero-order chi connectivity index (χ0) is 21.6. The fraction of sp³-hybridized carbons (Fsp3) is 0.360. The highest BCUT2D eigenvalue weighted by molar-refractivity contribution is 6.36. The van der Waals surface area contributed by atoms with Crippen molar-refractivity contribution in [2.75, 3.05) is 20.2 Å². The number of benzene rings is 2. The lowest BCUT2D eigenvalue weighted by Crippen LogP contribution is -2.59. The molecule has 0 unspecified atom stereocenters. The van der Waals surface area contributed by atoms with E-state index >= 15 is 0 Å². The zero-order valence-corrected chi connectivity index (χ0v) is 18.6. The third kappa shape index (κ3) is 3.82. The number of likely N-dealkylation sites (tertiary alicyclic amines) is 1. The number of β-amino-alcohol motifs (C(OH)–C–C–N with tert-alkyl or cyclic N) is 1. The van der Waals surface area contributed by atoms with E-state index in [1.165, 1.54) is 23.1 Å². The number of halogens is 1. The Morgan fingerprint density at radius 3 is 2.61 bits per heavy atom. The molecule has 3 aromatic rings. The van der Waals surface area contributed by atoms with E-state index in [1.807, 2.05) is 19.1 Å². The van der Waals surface area contributed by atoms with E-state index < -0.39 is 5.60 Å². The summed E-state index contributed by atoms with van der Waals surface area (Å²) in [6.07, 6.45) is 5.19. The van der Waals surface area contributed by atoms with Gasteiger partial charge in [-0.05, 0) is 42.9 Å². The summed E-state index contributed by atoms with van der Waals surface area (Å²) in [6.45, 7) is 3.67. The predicted octanol–water partition coefficient (Wildman–Crippen LogP) is 4.53. The van der Waals surface area contributed by atoms with Gasteiger partial charge in [0.15, 0.2) is 0 Å². The van der Waals surface area contributed by atoms with Crippen molar-refractivity contribution in [1.82, 2.24) is 14.9 Å². The Morgan fingerprint density at radius 1 is 1.10 bits per heavy atom. The summed E-state index contributed by atoms with van der Waals surface area (Å²) in [7, 11) is 1.61. The van der Waals surface area contributed by atoms with E-state index in [0.717, 1.165) is 29.7 Å². The van der Waals surface area contributed by atoms with Crippen LogP contribution in [0.15, 0.2) is 42.6 Å². The van der Waals surface area contributed by atoms with Gasteiger partial charge in [0, 0.05) is 30.8 Å². The maximum absolute atomic E-state index is 9.97. The molecule has 6 heteroatoms.